The van der Waals surface area contributed by atoms with Gasteiger partial charge < -0.3 is 0 Å². The van der Waals surface area contributed by atoms with E-state index < -0.39 is 0 Å². The molecule has 2 heterocycles. The van der Waals surface area contributed by atoms with Crippen LogP contribution < -0.4 is 5.56 Å². The van der Waals surface area contributed by atoms with E-state index in [-0.39, 0.29) is 5.56 Å². The number of fused-ring (bicyclic) bond motifs is 5. The van der Waals surface area contributed by atoms with Crippen molar-refractivity contribution in [2.45, 2.75) is 44.7 Å². The summed E-state index contributed by atoms with van der Waals surface area (Å²) in [6.45, 7) is 4.25. The fourth-order valence-corrected chi connectivity index (χ4v) is 6.58. The van der Waals surface area contributed by atoms with Gasteiger partial charge in [0.05, 0.1) is 11.1 Å². The SMILES string of the molecule is CCCCSc1nc2sc3c(c2c(=O)n1-c1cccc(C)c1)CCc1ccccc1-3. The lowest BCUT2D eigenvalue weighted by molar-refractivity contribution is 0.814. The van der Waals surface area contributed by atoms with E-state index in [9.17, 15) is 4.79 Å². The molecule has 0 unspecified atom stereocenters. The average molecular weight is 433 g/mol. The van der Waals surface area contributed by atoms with Crippen LogP contribution in [0.25, 0.3) is 26.3 Å². The van der Waals surface area contributed by atoms with Crippen molar-refractivity contribution in [3.05, 3.63) is 75.6 Å². The van der Waals surface area contributed by atoms with E-state index in [1.165, 1.54) is 21.6 Å². The van der Waals surface area contributed by atoms with Crippen LogP contribution in [0.5, 0.6) is 0 Å². The summed E-state index contributed by atoms with van der Waals surface area (Å²) in [4.78, 5) is 21.0. The highest BCUT2D eigenvalue weighted by Crippen LogP contribution is 2.42. The standard InChI is InChI=1S/C25H24N2OS2/c1-3-4-14-29-25-26-23-21(24(28)27(25)18-10-7-8-16(2)15-18)20-13-12-17-9-5-6-11-19(17)22(20)30-23/h5-11,15H,3-4,12-14H2,1-2H3. The van der Waals surface area contributed by atoms with Gasteiger partial charge in [-0.25, -0.2) is 4.98 Å². The van der Waals surface area contributed by atoms with E-state index in [2.05, 4.69) is 50.2 Å². The zero-order valence-corrected chi connectivity index (χ0v) is 18.9. The minimum atomic E-state index is 0.0708. The highest BCUT2D eigenvalue weighted by molar-refractivity contribution is 7.99. The lowest BCUT2D eigenvalue weighted by Crippen LogP contribution is -2.22. The maximum absolute atomic E-state index is 13.9. The van der Waals surface area contributed by atoms with Crippen LogP contribution in [-0.4, -0.2) is 15.3 Å². The van der Waals surface area contributed by atoms with Gasteiger partial charge in [-0.3, -0.25) is 9.36 Å². The Bertz CT molecular complexity index is 1300. The molecule has 152 valence electrons. The number of thioether (sulfide) groups is 1. The van der Waals surface area contributed by atoms with Crippen molar-refractivity contribution in [1.29, 1.82) is 0 Å². The largest absolute Gasteiger partial charge is 0.268 e. The van der Waals surface area contributed by atoms with E-state index in [1.54, 1.807) is 23.1 Å². The number of nitrogens with zero attached hydrogens (tertiary/aromatic N) is 2. The Morgan fingerprint density at radius 1 is 1.13 bits per heavy atom. The molecule has 0 radical (unpaired) electrons. The first-order valence-corrected chi connectivity index (χ1v) is 12.3. The molecule has 2 aromatic carbocycles. The highest BCUT2D eigenvalue weighted by atomic mass is 32.2. The number of hydrogen-bond acceptors (Lipinski definition) is 4. The third-order valence-electron chi connectivity index (χ3n) is 5.69. The van der Waals surface area contributed by atoms with Gasteiger partial charge in [-0.1, -0.05) is 61.5 Å². The zero-order valence-electron chi connectivity index (χ0n) is 17.3. The molecule has 1 aliphatic carbocycles. The van der Waals surface area contributed by atoms with Gasteiger partial charge in [0.15, 0.2) is 5.16 Å². The number of hydrogen-bond donors (Lipinski definition) is 0. The molecule has 2 aromatic heterocycles. The summed E-state index contributed by atoms with van der Waals surface area (Å²) in [5.41, 5.74) is 5.94. The molecule has 30 heavy (non-hydrogen) atoms. The quantitative estimate of drug-likeness (QED) is 0.207. The van der Waals surface area contributed by atoms with Gasteiger partial charge in [0.2, 0.25) is 0 Å². The van der Waals surface area contributed by atoms with E-state index in [1.807, 2.05) is 16.7 Å². The van der Waals surface area contributed by atoms with Crippen LogP contribution in [0.4, 0.5) is 0 Å². The molecule has 0 amide bonds. The Morgan fingerprint density at radius 3 is 2.83 bits per heavy atom. The summed E-state index contributed by atoms with van der Waals surface area (Å²) in [5.74, 6) is 0.966. The lowest BCUT2D eigenvalue weighted by Gasteiger charge is -2.16. The molecule has 1 aliphatic rings. The predicted molar refractivity (Wildman–Crippen MR) is 128 cm³/mol. The van der Waals surface area contributed by atoms with E-state index in [4.69, 9.17) is 4.98 Å². The molecule has 5 rings (SSSR count). The molecular weight excluding hydrogens is 408 g/mol. The van der Waals surface area contributed by atoms with Crippen molar-refractivity contribution < 1.29 is 0 Å². The molecule has 0 N–H and O–H groups in total. The molecule has 0 aliphatic heterocycles. The second-order valence-electron chi connectivity index (χ2n) is 7.82. The molecule has 0 fully saturated rings. The maximum Gasteiger partial charge on any atom is 0.267 e. The van der Waals surface area contributed by atoms with Gasteiger partial charge in [-0.05, 0) is 60.6 Å². The zero-order chi connectivity index (χ0) is 20.7. The van der Waals surface area contributed by atoms with Crippen LogP contribution in [0.1, 0.15) is 36.5 Å². The normalized spacial score (nSPS) is 12.7. The van der Waals surface area contributed by atoms with Crippen LogP contribution in [0, 0.1) is 6.92 Å². The Labute approximate surface area is 184 Å². The summed E-state index contributed by atoms with van der Waals surface area (Å²) < 4.78 is 1.84. The molecule has 0 bridgehead atoms. The smallest absolute Gasteiger partial charge is 0.267 e. The predicted octanol–water partition coefficient (Wildman–Crippen LogP) is 6.41. The van der Waals surface area contributed by atoms with Gasteiger partial charge >= 0.3 is 0 Å². The molecule has 0 saturated heterocycles. The second kappa shape index (κ2) is 8.05. The molecule has 0 saturated carbocycles. The number of unbranched alkanes of at least 4 members (excludes halogenated alkanes) is 1. The third kappa shape index (κ3) is 3.30. The third-order valence-corrected chi connectivity index (χ3v) is 7.87. The molecule has 0 spiro atoms. The Balaban J connectivity index is 1.77. The van der Waals surface area contributed by atoms with Crippen molar-refractivity contribution in [2.75, 3.05) is 5.75 Å². The number of benzene rings is 2. The topological polar surface area (TPSA) is 34.9 Å². The van der Waals surface area contributed by atoms with Gasteiger partial charge in [0.1, 0.15) is 4.83 Å². The maximum atomic E-state index is 13.9. The van der Waals surface area contributed by atoms with Crippen LogP contribution in [0.3, 0.4) is 0 Å². The number of aromatic nitrogens is 2. The molecule has 0 atom stereocenters. The van der Waals surface area contributed by atoms with Gasteiger partial charge in [-0.15, -0.1) is 11.3 Å². The van der Waals surface area contributed by atoms with E-state index >= 15 is 0 Å². The monoisotopic (exact) mass is 432 g/mol. The van der Waals surface area contributed by atoms with Crippen molar-refractivity contribution in [3.8, 4) is 16.1 Å². The van der Waals surface area contributed by atoms with E-state index in [0.717, 1.165) is 58.1 Å². The minimum absolute atomic E-state index is 0.0708. The van der Waals surface area contributed by atoms with Crippen LogP contribution >= 0.6 is 23.1 Å². The van der Waals surface area contributed by atoms with Crippen LogP contribution in [0.2, 0.25) is 0 Å². The summed E-state index contributed by atoms with van der Waals surface area (Å²) in [7, 11) is 0. The Kier molecular flexibility index (Phi) is 5.25. The Hall–Kier alpha value is -2.37. The lowest BCUT2D eigenvalue weighted by atomic mass is 9.90. The summed E-state index contributed by atoms with van der Waals surface area (Å²) >= 11 is 3.37. The first-order valence-electron chi connectivity index (χ1n) is 10.5. The number of aryl methyl sites for hydroxylation is 3. The van der Waals surface area contributed by atoms with Crippen LogP contribution in [0.15, 0.2) is 58.5 Å². The second-order valence-corrected chi connectivity index (χ2v) is 9.88. The fourth-order valence-electron chi connectivity index (χ4n) is 4.16. The van der Waals surface area contributed by atoms with Crippen molar-refractivity contribution in [1.82, 2.24) is 9.55 Å². The molecular formula is C25H24N2OS2. The van der Waals surface area contributed by atoms with Crippen LogP contribution in [-0.2, 0) is 12.8 Å². The first kappa shape index (κ1) is 19.6. The van der Waals surface area contributed by atoms with Crippen molar-refractivity contribution >= 4 is 33.3 Å². The minimum Gasteiger partial charge on any atom is -0.268 e. The first-order chi connectivity index (χ1) is 14.7. The average Bonchev–Trinajstić information content (AvgIpc) is 3.13. The molecule has 3 nitrogen and oxygen atoms in total. The van der Waals surface area contributed by atoms with Crippen molar-refractivity contribution in [2.24, 2.45) is 0 Å². The van der Waals surface area contributed by atoms with Crippen molar-refractivity contribution in [3.63, 3.8) is 0 Å². The van der Waals surface area contributed by atoms with E-state index in [0.29, 0.717) is 0 Å². The summed E-state index contributed by atoms with van der Waals surface area (Å²) in [6, 6.07) is 16.7. The Morgan fingerprint density at radius 2 is 2.00 bits per heavy atom. The van der Waals surface area contributed by atoms with Gasteiger partial charge in [0.25, 0.3) is 5.56 Å². The molecule has 4 aromatic rings. The number of thiophene rings is 1. The molecule has 5 heteroatoms. The summed E-state index contributed by atoms with van der Waals surface area (Å²) in [6.07, 6.45) is 4.13. The van der Waals surface area contributed by atoms with Gasteiger partial charge in [0, 0.05) is 10.6 Å². The van der Waals surface area contributed by atoms with Gasteiger partial charge in [-0.2, -0.15) is 0 Å². The number of rotatable bonds is 5. The summed E-state index contributed by atoms with van der Waals surface area (Å²) in [5, 5.41) is 1.62. The fraction of sp³-hybridized carbons (Fsp3) is 0.280. The highest BCUT2D eigenvalue weighted by Gasteiger charge is 2.25.